The second kappa shape index (κ2) is 9.94. The quantitative estimate of drug-likeness (QED) is 0.287. The number of aromatic carboxylic acids is 1. The van der Waals surface area contributed by atoms with Gasteiger partial charge < -0.3 is 10.2 Å². The van der Waals surface area contributed by atoms with Crippen LogP contribution in [0.15, 0.2) is 18.2 Å². The van der Waals surface area contributed by atoms with Gasteiger partial charge in [-0.1, -0.05) is 6.07 Å². The SMILES string of the molecule is Cc1ccc(C(=O)O)cc1CC(CCCSCC(=O)NO)C(=O)O. The lowest BCUT2D eigenvalue weighted by molar-refractivity contribution is -0.142. The van der Waals surface area contributed by atoms with Crippen molar-refractivity contribution >= 4 is 29.6 Å². The molecule has 8 heteroatoms. The van der Waals surface area contributed by atoms with E-state index in [1.807, 2.05) is 6.92 Å². The maximum absolute atomic E-state index is 11.4. The number of hydrogen-bond acceptors (Lipinski definition) is 5. The Balaban J connectivity index is 2.60. The lowest BCUT2D eigenvalue weighted by Crippen LogP contribution is -2.21. The molecule has 0 saturated carbocycles. The average molecular weight is 355 g/mol. The fraction of sp³-hybridized carbons (Fsp3) is 0.438. The molecule has 0 saturated heterocycles. The lowest BCUT2D eigenvalue weighted by atomic mass is 9.92. The Labute approximate surface area is 144 Å². The van der Waals surface area contributed by atoms with Crippen LogP contribution in [0.4, 0.5) is 0 Å². The first kappa shape index (κ1) is 20.0. The average Bonchev–Trinajstić information content (AvgIpc) is 2.54. The van der Waals surface area contributed by atoms with Crippen LogP contribution in [0.25, 0.3) is 0 Å². The molecule has 0 spiro atoms. The molecule has 4 N–H and O–H groups in total. The Hall–Kier alpha value is -2.06. The number of carbonyl (C=O) groups is 3. The molecule has 132 valence electrons. The second-order valence-corrected chi connectivity index (χ2v) is 6.52. The number of thioether (sulfide) groups is 1. The highest BCUT2D eigenvalue weighted by molar-refractivity contribution is 7.99. The molecule has 0 aromatic heterocycles. The highest BCUT2D eigenvalue weighted by Gasteiger charge is 2.19. The molecule has 0 aliphatic carbocycles. The number of carboxylic acid groups (broad SMARTS) is 2. The molecule has 1 amide bonds. The Morgan fingerprint density at radius 2 is 1.96 bits per heavy atom. The van der Waals surface area contributed by atoms with Crippen LogP contribution in [0.5, 0.6) is 0 Å². The summed E-state index contributed by atoms with van der Waals surface area (Å²) in [6.07, 6.45) is 1.31. The molecule has 0 aliphatic heterocycles. The minimum absolute atomic E-state index is 0.119. The monoisotopic (exact) mass is 355 g/mol. The van der Waals surface area contributed by atoms with Gasteiger partial charge in [-0.15, -0.1) is 0 Å². The maximum Gasteiger partial charge on any atom is 0.335 e. The smallest absolute Gasteiger partial charge is 0.335 e. The number of amides is 1. The van der Waals surface area contributed by atoms with Crippen LogP contribution in [0, 0.1) is 12.8 Å². The minimum Gasteiger partial charge on any atom is -0.481 e. The topological polar surface area (TPSA) is 124 Å². The van der Waals surface area contributed by atoms with E-state index in [9.17, 15) is 19.5 Å². The number of hydroxylamine groups is 1. The predicted octanol–water partition coefficient (Wildman–Crippen LogP) is 1.96. The molecule has 0 bridgehead atoms. The highest BCUT2D eigenvalue weighted by atomic mass is 32.2. The molecule has 1 aromatic carbocycles. The third kappa shape index (κ3) is 6.59. The van der Waals surface area contributed by atoms with E-state index in [4.69, 9.17) is 10.3 Å². The normalized spacial score (nSPS) is 11.8. The third-order valence-corrected chi connectivity index (χ3v) is 4.65. The zero-order chi connectivity index (χ0) is 18.1. The van der Waals surface area contributed by atoms with Crippen LogP contribution in [0.1, 0.15) is 34.3 Å². The molecule has 0 heterocycles. The van der Waals surface area contributed by atoms with Gasteiger partial charge in [0.15, 0.2) is 0 Å². The summed E-state index contributed by atoms with van der Waals surface area (Å²) in [6, 6.07) is 4.70. The van der Waals surface area contributed by atoms with Crippen LogP contribution >= 0.6 is 11.8 Å². The molecule has 24 heavy (non-hydrogen) atoms. The van der Waals surface area contributed by atoms with Crippen LogP contribution in [0.3, 0.4) is 0 Å². The van der Waals surface area contributed by atoms with Gasteiger partial charge in [-0.2, -0.15) is 11.8 Å². The molecular weight excluding hydrogens is 334 g/mol. The van der Waals surface area contributed by atoms with E-state index in [1.165, 1.54) is 29.4 Å². The van der Waals surface area contributed by atoms with Crippen molar-refractivity contribution in [3.63, 3.8) is 0 Å². The van der Waals surface area contributed by atoms with Crippen LogP contribution in [0.2, 0.25) is 0 Å². The highest BCUT2D eigenvalue weighted by Crippen LogP contribution is 2.20. The molecule has 0 fully saturated rings. The summed E-state index contributed by atoms with van der Waals surface area (Å²) in [4.78, 5) is 33.3. The molecule has 1 aromatic rings. The van der Waals surface area contributed by atoms with Gasteiger partial charge in [0, 0.05) is 0 Å². The number of aryl methyl sites for hydroxylation is 1. The summed E-state index contributed by atoms with van der Waals surface area (Å²) in [6.45, 7) is 1.82. The van der Waals surface area contributed by atoms with Gasteiger partial charge in [-0.3, -0.25) is 14.8 Å². The molecular formula is C16H21NO6S. The van der Waals surface area contributed by atoms with E-state index >= 15 is 0 Å². The van der Waals surface area contributed by atoms with Gasteiger partial charge in [-0.25, -0.2) is 10.3 Å². The summed E-state index contributed by atoms with van der Waals surface area (Å²) >= 11 is 1.31. The van der Waals surface area contributed by atoms with Gasteiger partial charge in [0.25, 0.3) is 5.91 Å². The molecule has 0 radical (unpaired) electrons. The zero-order valence-corrected chi connectivity index (χ0v) is 14.1. The molecule has 1 atom stereocenters. The van der Waals surface area contributed by atoms with E-state index in [2.05, 4.69) is 0 Å². The number of nitrogens with one attached hydrogen (secondary N) is 1. The van der Waals surface area contributed by atoms with Crippen molar-refractivity contribution in [2.45, 2.75) is 26.2 Å². The predicted molar refractivity (Wildman–Crippen MR) is 89.5 cm³/mol. The third-order valence-electron chi connectivity index (χ3n) is 3.61. The van der Waals surface area contributed by atoms with Crippen LogP contribution in [-0.4, -0.2) is 44.8 Å². The minimum atomic E-state index is -1.04. The Kier molecular flexibility index (Phi) is 8.28. The first-order valence-corrected chi connectivity index (χ1v) is 8.57. The summed E-state index contributed by atoms with van der Waals surface area (Å²) < 4.78 is 0. The summed E-state index contributed by atoms with van der Waals surface area (Å²) in [5.41, 5.74) is 3.26. The van der Waals surface area contributed by atoms with Gasteiger partial charge in [0.1, 0.15) is 0 Å². The molecule has 1 rings (SSSR count). The summed E-state index contributed by atoms with van der Waals surface area (Å²) in [5, 5.41) is 26.8. The van der Waals surface area contributed by atoms with Crippen molar-refractivity contribution in [2.24, 2.45) is 5.92 Å². The van der Waals surface area contributed by atoms with E-state index in [-0.39, 0.29) is 17.7 Å². The fourth-order valence-electron chi connectivity index (χ4n) is 2.23. The first-order valence-electron chi connectivity index (χ1n) is 7.41. The van der Waals surface area contributed by atoms with E-state index in [0.717, 1.165) is 11.1 Å². The Morgan fingerprint density at radius 3 is 2.54 bits per heavy atom. The number of hydrogen-bond donors (Lipinski definition) is 4. The van der Waals surface area contributed by atoms with Crippen LogP contribution in [-0.2, 0) is 16.0 Å². The maximum atomic E-state index is 11.4. The van der Waals surface area contributed by atoms with Crippen molar-refractivity contribution in [3.8, 4) is 0 Å². The van der Waals surface area contributed by atoms with Gasteiger partial charge in [0.2, 0.25) is 0 Å². The zero-order valence-electron chi connectivity index (χ0n) is 13.3. The van der Waals surface area contributed by atoms with Crippen LogP contribution < -0.4 is 5.48 Å². The Bertz CT molecular complexity index is 604. The van der Waals surface area contributed by atoms with E-state index in [1.54, 1.807) is 6.07 Å². The van der Waals surface area contributed by atoms with Gasteiger partial charge in [-0.05, 0) is 55.2 Å². The van der Waals surface area contributed by atoms with Crippen molar-refractivity contribution in [1.29, 1.82) is 0 Å². The van der Waals surface area contributed by atoms with Gasteiger partial charge >= 0.3 is 11.9 Å². The van der Waals surface area contributed by atoms with Gasteiger partial charge in [0.05, 0.1) is 17.2 Å². The number of carbonyl (C=O) groups excluding carboxylic acids is 1. The van der Waals surface area contributed by atoms with E-state index in [0.29, 0.717) is 18.6 Å². The number of aliphatic carboxylic acids is 1. The molecule has 7 nitrogen and oxygen atoms in total. The second-order valence-electron chi connectivity index (χ2n) is 5.42. The van der Waals surface area contributed by atoms with Crippen molar-refractivity contribution in [2.75, 3.05) is 11.5 Å². The Morgan fingerprint density at radius 1 is 1.25 bits per heavy atom. The summed E-state index contributed by atoms with van der Waals surface area (Å²) in [5.74, 6) is -2.34. The van der Waals surface area contributed by atoms with Crippen molar-refractivity contribution in [3.05, 3.63) is 34.9 Å². The molecule has 0 aliphatic rings. The van der Waals surface area contributed by atoms with Crippen molar-refractivity contribution in [1.82, 2.24) is 5.48 Å². The van der Waals surface area contributed by atoms with Crippen molar-refractivity contribution < 1.29 is 29.8 Å². The summed E-state index contributed by atoms with van der Waals surface area (Å²) in [7, 11) is 0. The lowest BCUT2D eigenvalue weighted by Gasteiger charge is -2.14. The number of carboxylic acids is 2. The first-order chi connectivity index (χ1) is 11.3. The number of benzene rings is 1. The standard InChI is InChI=1S/C16H21NO6S/c1-10-4-5-12(16(21)22)8-13(10)7-11(15(19)20)3-2-6-24-9-14(18)17-23/h4-5,8,11,23H,2-3,6-7,9H2,1H3,(H,17,18)(H,19,20)(H,21,22). The fourth-order valence-corrected chi connectivity index (χ4v) is 3.00. The number of rotatable bonds is 10. The largest absolute Gasteiger partial charge is 0.481 e. The molecule has 1 unspecified atom stereocenters. The van der Waals surface area contributed by atoms with E-state index < -0.39 is 23.8 Å².